The first-order valence-electron chi connectivity index (χ1n) is 14.8. The van der Waals surface area contributed by atoms with Gasteiger partial charge in [0.05, 0.1) is 57.9 Å². The fourth-order valence-corrected chi connectivity index (χ4v) is 5.96. The van der Waals surface area contributed by atoms with Gasteiger partial charge in [0.1, 0.15) is 5.82 Å². The minimum Gasteiger partial charge on any atom is -0.385 e. The molecule has 6 nitrogen and oxygen atoms in total. The van der Waals surface area contributed by atoms with E-state index in [2.05, 4.69) is 76.6 Å². The van der Waals surface area contributed by atoms with Crippen LogP contribution < -0.4 is 5.32 Å². The molecule has 0 saturated heterocycles. The number of pyridine rings is 3. The van der Waals surface area contributed by atoms with Crippen LogP contribution in [-0.4, -0.2) is 19.5 Å². The van der Waals surface area contributed by atoms with Gasteiger partial charge in [-0.1, -0.05) is 72.8 Å². The highest BCUT2D eigenvalue weighted by molar-refractivity contribution is 5.93. The molecule has 7 aromatic rings. The Balaban J connectivity index is 1.11. The molecule has 0 amide bonds. The summed E-state index contributed by atoms with van der Waals surface area (Å²) in [7, 11) is 0. The first-order valence-corrected chi connectivity index (χ1v) is 14.8. The zero-order valence-electron chi connectivity index (χ0n) is 24.2. The Bertz CT molecular complexity index is 2270. The van der Waals surface area contributed by atoms with Crippen molar-refractivity contribution in [3.8, 4) is 57.0 Å². The fourth-order valence-electron chi connectivity index (χ4n) is 5.96. The summed E-state index contributed by atoms with van der Waals surface area (Å²) in [6.07, 6.45) is 4.14. The molecule has 45 heavy (non-hydrogen) atoms. The minimum absolute atomic E-state index is 0.654. The van der Waals surface area contributed by atoms with E-state index in [0.717, 1.165) is 63.0 Å². The number of nitriles is 1. The van der Waals surface area contributed by atoms with Crippen molar-refractivity contribution in [3.63, 3.8) is 0 Å². The summed E-state index contributed by atoms with van der Waals surface area (Å²) in [6, 6.07) is 44.7. The number of hydrogen-bond acceptors (Lipinski definition) is 5. The van der Waals surface area contributed by atoms with Crippen LogP contribution in [0.4, 0.5) is 0 Å². The monoisotopic (exact) mass is 578 g/mol. The van der Waals surface area contributed by atoms with Gasteiger partial charge in [-0.05, 0) is 78.0 Å². The summed E-state index contributed by atoms with van der Waals surface area (Å²) in [5, 5.41) is 13.7. The van der Waals surface area contributed by atoms with E-state index in [1.54, 1.807) is 0 Å². The van der Waals surface area contributed by atoms with E-state index in [9.17, 15) is 0 Å². The summed E-state index contributed by atoms with van der Waals surface area (Å²) in [5.41, 5.74) is 11.4. The zero-order valence-corrected chi connectivity index (χ0v) is 24.2. The van der Waals surface area contributed by atoms with Crippen LogP contribution in [0.3, 0.4) is 0 Å². The summed E-state index contributed by atoms with van der Waals surface area (Å²) < 4.78 is 2.24. The summed E-state index contributed by atoms with van der Waals surface area (Å²) >= 11 is 0. The Morgan fingerprint density at radius 1 is 0.578 bits per heavy atom. The van der Waals surface area contributed by atoms with Crippen molar-refractivity contribution in [2.75, 3.05) is 0 Å². The van der Waals surface area contributed by atoms with E-state index in [4.69, 9.17) is 20.2 Å². The third kappa shape index (κ3) is 4.83. The summed E-state index contributed by atoms with van der Waals surface area (Å²) in [4.78, 5) is 15.1. The third-order valence-corrected chi connectivity index (χ3v) is 8.17. The van der Waals surface area contributed by atoms with Crippen molar-refractivity contribution >= 4 is 17.0 Å². The molecule has 6 heteroatoms. The molecule has 1 N–H and O–H groups in total. The second-order valence-electron chi connectivity index (χ2n) is 10.9. The quantitative estimate of drug-likeness (QED) is 0.222. The van der Waals surface area contributed by atoms with Crippen LogP contribution in [0.1, 0.15) is 16.8 Å². The van der Waals surface area contributed by atoms with Gasteiger partial charge in [0, 0.05) is 16.5 Å². The molecule has 0 bridgehead atoms. The number of rotatable bonds is 5. The predicted octanol–water partition coefficient (Wildman–Crippen LogP) is 8.43. The molecule has 0 radical (unpaired) electrons. The van der Waals surface area contributed by atoms with E-state index >= 15 is 0 Å². The number of para-hydroxylation sites is 1. The number of fused-ring (bicyclic) bond motifs is 3. The molecule has 1 aliphatic rings. The standard InChI is InChI=1S/C39H26N6/c40-24-26-14-16-27(17-15-26)28-18-20-29(21-19-28)32-7-3-8-33(42-32)34-9-4-10-35(43-34)36-11-5-13-39(44-36)45-37-12-2-1-6-30(37)31-22-23-41-25-38(31)45/h1-23,41H,25H2. The van der Waals surface area contributed by atoms with Gasteiger partial charge < -0.3 is 5.32 Å². The van der Waals surface area contributed by atoms with Crippen molar-refractivity contribution in [2.24, 2.45) is 0 Å². The highest BCUT2D eigenvalue weighted by atomic mass is 15.1. The van der Waals surface area contributed by atoms with Gasteiger partial charge in [-0.15, -0.1) is 0 Å². The Labute approximate surface area is 260 Å². The van der Waals surface area contributed by atoms with Gasteiger partial charge in [0.25, 0.3) is 0 Å². The molecule has 0 fully saturated rings. The molecule has 1 aliphatic heterocycles. The van der Waals surface area contributed by atoms with Gasteiger partial charge >= 0.3 is 0 Å². The SMILES string of the molecule is N#Cc1ccc(-c2ccc(-c3cccc(-c4cccc(-c5cccc(-n6c7c(c8ccccc86)C=CNC7)n5)n4)n3)cc2)cc1. The molecule has 0 spiro atoms. The second kappa shape index (κ2) is 11.1. The lowest BCUT2D eigenvalue weighted by Gasteiger charge is -2.14. The Morgan fingerprint density at radius 2 is 1.16 bits per heavy atom. The highest BCUT2D eigenvalue weighted by Crippen LogP contribution is 2.32. The lowest BCUT2D eigenvalue weighted by molar-refractivity contribution is 0.795. The van der Waals surface area contributed by atoms with Crippen LogP contribution in [0.5, 0.6) is 0 Å². The maximum atomic E-state index is 9.08. The largest absolute Gasteiger partial charge is 0.385 e. The normalized spacial score (nSPS) is 12.0. The molecule has 0 aliphatic carbocycles. The van der Waals surface area contributed by atoms with Crippen LogP contribution in [-0.2, 0) is 6.54 Å². The highest BCUT2D eigenvalue weighted by Gasteiger charge is 2.19. The van der Waals surface area contributed by atoms with Crippen molar-refractivity contribution in [3.05, 3.63) is 150 Å². The van der Waals surface area contributed by atoms with Gasteiger partial charge in [0.2, 0.25) is 0 Å². The maximum Gasteiger partial charge on any atom is 0.138 e. The molecule has 0 saturated carbocycles. The zero-order chi connectivity index (χ0) is 30.2. The van der Waals surface area contributed by atoms with E-state index in [0.29, 0.717) is 5.56 Å². The smallest absolute Gasteiger partial charge is 0.138 e. The van der Waals surface area contributed by atoms with Crippen molar-refractivity contribution in [1.29, 1.82) is 5.26 Å². The van der Waals surface area contributed by atoms with Crippen LogP contribution in [0.15, 0.2) is 134 Å². The molecular formula is C39H26N6. The second-order valence-corrected chi connectivity index (χ2v) is 10.9. The lowest BCUT2D eigenvalue weighted by atomic mass is 10.0. The van der Waals surface area contributed by atoms with Gasteiger partial charge in [-0.2, -0.15) is 5.26 Å². The Kier molecular flexibility index (Phi) is 6.47. The number of benzene rings is 3. The molecule has 0 atom stereocenters. The average Bonchev–Trinajstić information content (AvgIpc) is 3.46. The average molecular weight is 579 g/mol. The van der Waals surface area contributed by atoms with E-state index in [-0.39, 0.29) is 0 Å². The number of hydrogen-bond donors (Lipinski definition) is 1. The van der Waals surface area contributed by atoms with E-state index in [1.165, 1.54) is 16.6 Å². The van der Waals surface area contributed by atoms with Crippen LogP contribution in [0, 0.1) is 11.3 Å². The van der Waals surface area contributed by atoms with E-state index < -0.39 is 0 Å². The summed E-state index contributed by atoms with van der Waals surface area (Å²) in [5.74, 6) is 0.860. The molecule has 5 heterocycles. The number of nitrogens with one attached hydrogen (secondary N) is 1. The van der Waals surface area contributed by atoms with E-state index in [1.807, 2.05) is 79.0 Å². The number of aromatic nitrogens is 4. The van der Waals surface area contributed by atoms with Gasteiger partial charge in [-0.25, -0.2) is 15.0 Å². The Hall–Kier alpha value is -6.32. The fraction of sp³-hybridized carbons (Fsp3) is 0.0256. The van der Waals surface area contributed by atoms with Gasteiger partial charge in [0.15, 0.2) is 0 Å². The molecule has 3 aromatic carbocycles. The van der Waals surface area contributed by atoms with Crippen molar-refractivity contribution in [2.45, 2.75) is 6.54 Å². The molecular weight excluding hydrogens is 552 g/mol. The first-order chi connectivity index (χ1) is 22.2. The predicted molar refractivity (Wildman–Crippen MR) is 179 cm³/mol. The number of nitrogens with zero attached hydrogens (tertiary/aromatic N) is 5. The lowest BCUT2D eigenvalue weighted by Crippen LogP contribution is -2.14. The van der Waals surface area contributed by atoms with Crippen LogP contribution >= 0.6 is 0 Å². The van der Waals surface area contributed by atoms with Crippen LogP contribution in [0.25, 0.3) is 68.0 Å². The molecule has 8 rings (SSSR count). The molecule has 212 valence electrons. The third-order valence-electron chi connectivity index (χ3n) is 8.17. The Morgan fingerprint density at radius 3 is 1.87 bits per heavy atom. The maximum absolute atomic E-state index is 9.08. The van der Waals surface area contributed by atoms with Crippen molar-refractivity contribution in [1.82, 2.24) is 24.8 Å². The summed E-state index contributed by atoms with van der Waals surface area (Å²) in [6.45, 7) is 0.736. The van der Waals surface area contributed by atoms with Crippen LogP contribution in [0.2, 0.25) is 0 Å². The topological polar surface area (TPSA) is 79.4 Å². The van der Waals surface area contributed by atoms with Crippen molar-refractivity contribution < 1.29 is 0 Å². The molecule has 0 unspecified atom stereocenters. The van der Waals surface area contributed by atoms with Gasteiger partial charge in [-0.3, -0.25) is 4.57 Å². The molecule has 4 aromatic heterocycles. The first kappa shape index (κ1) is 26.3. The minimum atomic E-state index is 0.654.